The molecule has 19 heavy (non-hydrogen) atoms. The number of amides is 2. The molecule has 2 unspecified atom stereocenters. The zero-order valence-electron chi connectivity index (χ0n) is 9.86. The van der Waals surface area contributed by atoms with Crippen LogP contribution in [0.3, 0.4) is 0 Å². The molecule has 7 nitrogen and oxygen atoms in total. The first kappa shape index (κ1) is 18.7. The number of methoxy groups -OCH3 is 2. The molecule has 2 amide bonds. The number of alkyl carbamates (subject to hydrolysis) is 2. The maximum absolute atomic E-state index is 11.0. The Kier molecular flexibility index (Phi) is 9.38. The number of ether oxygens (including phenoxy) is 3. The average molecular weight is 358 g/mol. The van der Waals surface area contributed by atoms with Gasteiger partial charge in [-0.25, -0.2) is 9.59 Å². The van der Waals surface area contributed by atoms with E-state index in [0.717, 1.165) is 14.2 Å². The SMILES string of the molecule is COC(=O)NC(OC(NC(=O)OC)C(Cl)Cl)C(Cl)Cl. The lowest BCUT2D eigenvalue weighted by Crippen LogP contribution is -2.50. The standard InChI is InChI=1S/C8H12Cl4N2O5/c1-17-7(15)13-5(3(9)10)19-6(4(11)12)14-8(16)18-2/h3-6H,1-2H3,(H,13,15)(H,14,16). The quantitative estimate of drug-likeness (QED) is 0.560. The highest BCUT2D eigenvalue weighted by Gasteiger charge is 2.29. The number of rotatable bonds is 6. The summed E-state index contributed by atoms with van der Waals surface area (Å²) in [6, 6.07) is 0. The molecule has 0 radical (unpaired) electrons. The van der Waals surface area contributed by atoms with Crippen LogP contribution in [0.1, 0.15) is 0 Å². The predicted octanol–water partition coefficient (Wildman–Crippen LogP) is 1.97. The number of hydrogen-bond donors (Lipinski definition) is 2. The van der Waals surface area contributed by atoms with Gasteiger partial charge >= 0.3 is 12.2 Å². The summed E-state index contributed by atoms with van der Waals surface area (Å²) in [5.74, 6) is 0. The van der Waals surface area contributed by atoms with Gasteiger partial charge in [0.05, 0.1) is 14.2 Å². The number of hydrogen-bond acceptors (Lipinski definition) is 5. The molecule has 0 aliphatic rings. The molecule has 0 heterocycles. The van der Waals surface area contributed by atoms with Crippen LogP contribution in [0.25, 0.3) is 0 Å². The van der Waals surface area contributed by atoms with Crippen LogP contribution in [-0.4, -0.2) is 48.5 Å². The molecule has 2 atom stereocenters. The largest absolute Gasteiger partial charge is 0.453 e. The van der Waals surface area contributed by atoms with Crippen LogP contribution >= 0.6 is 46.4 Å². The Morgan fingerprint density at radius 2 is 1.16 bits per heavy atom. The van der Waals surface area contributed by atoms with Crippen LogP contribution in [0.5, 0.6) is 0 Å². The van der Waals surface area contributed by atoms with Gasteiger partial charge < -0.3 is 14.2 Å². The Morgan fingerprint density at radius 1 is 0.842 bits per heavy atom. The molecule has 0 fully saturated rings. The molecule has 0 aliphatic heterocycles. The summed E-state index contributed by atoms with van der Waals surface area (Å²) in [5.41, 5.74) is 0. The molecule has 0 aromatic rings. The van der Waals surface area contributed by atoms with Crippen molar-refractivity contribution < 1.29 is 23.8 Å². The van der Waals surface area contributed by atoms with E-state index in [4.69, 9.17) is 51.1 Å². The zero-order chi connectivity index (χ0) is 15.0. The van der Waals surface area contributed by atoms with Crippen LogP contribution in [0, 0.1) is 0 Å². The van der Waals surface area contributed by atoms with E-state index < -0.39 is 34.3 Å². The molecule has 0 bridgehead atoms. The van der Waals surface area contributed by atoms with E-state index in [2.05, 4.69) is 20.1 Å². The summed E-state index contributed by atoms with van der Waals surface area (Å²) < 4.78 is 13.9. The van der Waals surface area contributed by atoms with Gasteiger partial charge in [0, 0.05) is 0 Å². The summed E-state index contributed by atoms with van der Waals surface area (Å²) in [6.45, 7) is 0. The topological polar surface area (TPSA) is 85.9 Å². The molecule has 11 heteroatoms. The fraction of sp³-hybridized carbons (Fsp3) is 0.750. The van der Waals surface area contributed by atoms with E-state index in [1.54, 1.807) is 0 Å². The van der Waals surface area contributed by atoms with Crippen LogP contribution in [0.15, 0.2) is 0 Å². The van der Waals surface area contributed by atoms with Gasteiger partial charge in [-0.05, 0) is 0 Å². The van der Waals surface area contributed by atoms with Crippen LogP contribution in [-0.2, 0) is 14.2 Å². The maximum Gasteiger partial charge on any atom is 0.408 e. The van der Waals surface area contributed by atoms with Crippen molar-refractivity contribution in [1.82, 2.24) is 10.6 Å². The third-order valence-electron chi connectivity index (χ3n) is 1.64. The van der Waals surface area contributed by atoms with E-state index in [0.29, 0.717) is 0 Å². The first-order valence-electron chi connectivity index (χ1n) is 4.72. The Morgan fingerprint density at radius 3 is 1.37 bits per heavy atom. The zero-order valence-corrected chi connectivity index (χ0v) is 12.9. The van der Waals surface area contributed by atoms with Crippen LogP contribution in [0.4, 0.5) is 9.59 Å². The maximum atomic E-state index is 11.0. The molecule has 0 spiro atoms. The fourth-order valence-corrected chi connectivity index (χ4v) is 1.31. The first-order chi connectivity index (χ1) is 8.81. The van der Waals surface area contributed by atoms with E-state index in [9.17, 15) is 9.59 Å². The van der Waals surface area contributed by atoms with Crippen molar-refractivity contribution in [2.24, 2.45) is 0 Å². The summed E-state index contributed by atoms with van der Waals surface area (Å²) >= 11 is 22.4. The van der Waals surface area contributed by atoms with Gasteiger partial charge in [-0.2, -0.15) is 0 Å². The summed E-state index contributed by atoms with van der Waals surface area (Å²) in [7, 11) is 2.28. The summed E-state index contributed by atoms with van der Waals surface area (Å²) in [6.07, 6.45) is -4.10. The first-order valence-corrected chi connectivity index (χ1v) is 6.47. The number of nitrogens with one attached hydrogen (secondary N) is 2. The predicted molar refractivity (Wildman–Crippen MR) is 70.7 cm³/mol. The normalized spacial score (nSPS) is 13.9. The number of halogens is 4. The van der Waals surface area contributed by atoms with Crippen LogP contribution in [0.2, 0.25) is 0 Å². The van der Waals surface area contributed by atoms with Crippen LogP contribution < -0.4 is 10.6 Å². The molecule has 2 N–H and O–H groups in total. The van der Waals surface area contributed by atoms with Gasteiger partial charge in [-0.3, -0.25) is 10.6 Å². The minimum Gasteiger partial charge on any atom is -0.453 e. The summed E-state index contributed by atoms with van der Waals surface area (Å²) in [5, 5.41) is 4.37. The lowest BCUT2D eigenvalue weighted by Gasteiger charge is -2.26. The summed E-state index contributed by atoms with van der Waals surface area (Å²) in [4.78, 5) is 19.8. The Labute approximate surface area is 129 Å². The molecule has 0 saturated carbocycles. The number of carbonyl (C=O) groups excluding carboxylic acids is 2. The molecule has 0 aliphatic carbocycles. The van der Waals surface area contributed by atoms with Crippen molar-refractivity contribution in [3.8, 4) is 0 Å². The minimum absolute atomic E-state index is 0.839. The highest BCUT2D eigenvalue weighted by atomic mass is 35.5. The molecular weight excluding hydrogens is 346 g/mol. The monoisotopic (exact) mass is 356 g/mol. The molecule has 0 aromatic heterocycles. The molecule has 0 rings (SSSR count). The van der Waals surface area contributed by atoms with E-state index in [1.807, 2.05) is 0 Å². The minimum atomic E-state index is -1.21. The second-order valence-electron chi connectivity index (χ2n) is 2.92. The van der Waals surface area contributed by atoms with Gasteiger partial charge in [0.2, 0.25) is 0 Å². The second-order valence-corrected chi connectivity index (χ2v) is 5.25. The lowest BCUT2D eigenvalue weighted by atomic mass is 10.5. The van der Waals surface area contributed by atoms with E-state index in [-0.39, 0.29) is 0 Å². The molecule has 0 saturated heterocycles. The van der Waals surface area contributed by atoms with Gasteiger partial charge in [-0.15, -0.1) is 46.4 Å². The third kappa shape index (κ3) is 7.74. The van der Waals surface area contributed by atoms with Gasteiger partial charge in [0.1, 0.15) is 0 Å². The van der Waals surface area contributed by atoms with Crippen molar-refractivity contribution in [2.45, 2.75) is 22.1 Å². The van der Waals surface area contributed by atoms with Crippen molar-refractivity contribution in [3.63, 3.8) is 0 Å². The van der Waals surface area contributed by atoms with Crippen molar-refractivity contribution in [3.05, 3.63) is 0 Å². The lowest BCUT2D eigenvalue weighted by molar-refractivity contribution is -0.0283. The van der Waals surface area contributed by atoms with Crippen molar-refractivity contribution in [2.75, 3.05) is 14.2 Å². The molecule has 112 valence electrons. The third-order valence-corrected chi connectivity index (χ3v) is 2.56. The van der Waals surface area contributed by atoms with Gasteiger partial charge in [-0.1, -0.05) is 0 Å². The fourth-order valence-electron chi connectivity index (χ4n) is 0.821. The highest BCUT2D eigenvalue weighted by molar-refractivity contribution is 6.45. The van der Waals surface area contributed by atoms with Gasteiger partial charge in [0.25, 0.3) is 0 Å². The Hall–Kier alpha value is -0.340. The number of carbonyl (C=O) groups is 2. The average Bonchev–Trinajstić information content (AvgIpc) is 2.35. The molecular formula is C8H12Cl4N2O5. The Bertz CT molecular complexity index is 277. The highest BCUT2D eigenvalue weighted by Crippen LogP contribution is 2.16. The van der Waals surface area contributed by atoms with Crippen molar-refractivity contribution in [1.29, 1.82) is 0 Å². The van der Waals surface area contributed by atoms with Gasteiger partial charge in [0.15, 0.2) is 22.1 Å². The second kappa shape index (κ2) is 9.55. The molecule has 0 aromatic carbocycles. The van der Waals surface area contributed by atoms with E-state index in [1.165, 1.54) is 0 Å². The smallest absolute Gasteiger partial charge is 0.408 e. The van der Waals surface area contributed by atoms with E-state index >= 15 is 0 Å². The Balaban J connectivity index is 4.65. The number of alkyl halides is 4. The van der Waals surface area contributed by atoms with Crippen molar-refractivity contribution >= 4 is 58.6 Å².